The molecule has 0 radical (unpaired) electrons. The lowest BCUT2D eigenvalue weighted by molar-refractivity contribution is 0.0690. The van der Waals surface area contributed by atoms with Crippen LogP contribution >= 0.6 is 0 Å². The molecule has 100 valence electrons. The number of hydrogen-bond donors (Lipinski definition) is 3. The molecule has 0 bridgehead atoms. The predicted octanol–water partition coefficient (Wildman–Crippen LogP) is 1.88. The summed E-state index contributed by atoms with van der Waals surface area (Å²) in [7, 11) is 0. The number of aromatic carboxylic acids is 1. The van der Waals surface area contributed by atoms with Gasteiger partial charge in [0.1, 0.15) is 5.69 Å². The molecule has 0 unspecified atom stereocenters. The van der Waals surface area contributed by atoms with Gasteiger partial charge in [-0.1, -0.05) is 5.16 Å². The van der Waals surface area contributed by atoms with Crippen molar-refractivity contribution in [1.82, 2.24) is 10.1 Å². The lowest BCUT2D eigenvalue weighted by Crippen LogP contribution is -2.13. The molecule has 0 saturated heterocycles. The smallest absolute Gasteiger partial charge is 0.352 e. The van der Waals surface area contributed by atoms with Crippen molar-refractivity contribution in [2.45, 2.75) is 20.8 Å². The molecule has 0 atom stereocenters. The fourth-order valence-corrected chi connectivity index (χ4v) is 1.90. The van der Waals surface area contributed by atoms with Gasteiger partial charge in [-0.05, 0) is 26.3 Å². The number of anilines is 1. The number of carboxylic acid groups (broad SMARTS) is 1. The maximum Gasteiger partial charge on any atom is 0.352 e. The first-order chi connectivity index (χ1) is 8.90. The topological polar surface area (TPSA) is 108 Å². The van der Waals surface area contributed by atoms with Gasteiger partial charge < -0.3 is 14.6 Å². The number of nitrogens with zero attached hydrogens (tertiary/aromatic N) is 1. The molecule has 0 aliphatic carbocycles. The zero-order valence-electron chi connectivity index (χ0n) is 10.7. The highest BCUT2D eigenvalue weighted by Crippen LogP contribution is 2.20. The molecule has 7 heteroatoms. The molecule has 2 aromatic rings. The van der Waals surface area contributed by atoms with Crippen LogP contribution in [-0.2, 0) is 0 Å². The van der Waals surface area contributed by atoms with Crippen molar-refractivity contribution in [2.75, 3.05) is 5.32 Å². The minimum Gasteiger partial charge on any atom is -0.477 e. The zero-order chi connectivity index (χ0) is 14.2. The van der Waals surface area contributed by atoms with E-state index in [4.69, 9.17) is 9.63 Å². The van der Waals surface area contributed by atoms with Gasteiger partial charge in [-0.2, -0.15) is 0 Å². The summed E-state index contributed by atoms with van der Waals surface area (Å²) in [6.07, 6.45) is 0. The van der Waals surface area contributed by atoms with Crippen LogP contribution in [-0.4, -0.2) is 27.1 Å². The van der Waals surface area contributed by atoms with E-state index in [-0.39, 0.29) is 11.6 Å². The summed E-state index contributed by atoms with van der Waals surface area (Å²) in [5, 5.41) is 15.2. The Morgan fingerprint density at radius 3 is 2.53 bits per heavy atom. The van der Waals surface area contributed by atoms with Gasteiger partial charge in [0.25, 0.3) is 5.91 Å². The summed E-state index contributed by atoms with van der Waals surface area (Å²) in [6, 6.07) is 1.58. The molecule has 1 amide bonds. The molecule has 0 spiro atoms. The number of rotatable bonds is 3. The maximum atomic E-state index is 12.1. The lowest BCUT2D eigenvalue weighted by Gasteiger charge is -2.01. The zero-order valence-corrected chi connectivity index (χ0v) is 10.7. The van der Waals surface area contributed by atoms with Crippen LogP contribution in [0, 0.1) is 20.8 Å². The van der Waals surface area contributed by atoms with Gasteiger partial charge in [0.2, 0.25) is 5.88 Å². The van der Waals surface area contributed by atoms with Crippen molar-refractivity contribution in [3.05, 3.63) is 34.3 Å². The molecule has 0 aromatic carbocycles. The molecule has 7 nitrogen and oxygen atoms in total. The van der Waals surface area contributed by atoms with Crippen LogP contribution in [0.2, 0.25) is 0 Å². The number of amides is 1. The van der Waals surface area contributed by atoms with E-state index in [1.165, 1.54) is 0 Å². The average molecular weight is 263 g/mol. The highest BCUT2D eigenvalue weighted by molar-refractivity contribution is 6.07. The summed E-state index contributed by atoms with van der Waals surface area (Å²) < 4.78 is 4.88. The Labute approximate surface area is 108 Å². The van der Waals surface area contributed by atoms with Gasteiger partial charge in [-0.25, -0.2) is 4.79 Å². The number of hydrogen-bond acceptors (Lipinski definition) is 4. The third-order valence-corrected chi connectivity index (χ3v) is 2.74. The second-order valence-electron chi connectivity index (χ2n) is 4.22. The highest BCUT2D eigenvalue weighted by atomic mass is 16.5. The Morgan fingerprint density at radius 1 is 1.37 bits per heavy atom. The summed E-state index contributed by atoms with van der Waals surface area (Å²) in [5.41, 5.74) is 1.83. The summed E-state index contributed by atoms with van der Waals surface area (Å²) in [5.74, 6) is -1.32. The minimum atomic E-state index is -1.10. The molecule has 0 saturated carbocycles. The molecule has 19 heavy (non-hydrogen) atoms. The highest BCUT2D eigenvalue weighted by Gasteiger charge is 2.22. The first kappa shape index (κ1) is 12.9. The third kappa shape index (κ3) is 2.35. The SMILES string of the molecule is Cc1cc(NC(=O)c2c(C)[nH]c(C(=O)O)c2C)on1. The van der Waals surface area contributed by atoms with Crippen LogP contribution in [0.15, 0.2) is 10.6 Å². The first-order valence-corrected chi connectivity index (χ1v) is 5.57. The monoisotopic (exact) mass is 263 g/mol. The summed E-state index contributed by atoms with van der Waals surface area (Å²) in [6.45, 7) is 4.95. The van der Waals surface area contributed by atoms with Crippen molar-refractivity contribution in [1.29, 1.82) is 0 Å². The first-order valence-electron chi connectivity index (χ1n) is 5.57. The van der Waals surface area contributed by atoms with E-state index in [2.05, 4.69) is 15.5 Å². The predicted molar refractivity (Wildman–Crippen MR) is 66.4 cm³/mol. The van der Waals surface area contributed by atoms with E-state index >= 15 is 0 Å². The van der Waals surface area contributed by atoms with Crippen molar-refractivity contribution in [3.8, 4) is 0 Å². The van der Waals surface area contributed by atoms with Crippen molar-refractivity contribution >= 4 is 17.8 Å². The fraction of sp³-hybridized carbons (Fsp3) is 0.250. The van der Waals surface area contributed by atoms with Gasteiger partial charge in [0.15, 0.2) is 0 Å². The van der Waals surface area contributed by atoms with Crippen molar-refractivity contribution in [3.63, 3.8) is 0 Å². The Hall–Kier alpha value is -2.57. The quantitative estimate of drug-likeness (QED) is 0.783. The molecular weight excluding hydrogens is 250 g/mol. The molecule has 2 rings (SSSR count). The van der Waals surface area contributed by atoms with Crippen LogP contribution in [0.3, 0.4) is 0 Å². The summed E-state index contributed by atoms with van der Waals surface area (Å²) in [4.78, 5) is 25.7. The maximum absolute atomic E-state index is 12.1. The average Bonchev–Trinajstić information content (AvgIpc) is 2.83. The molecular formula is C12H13N3O4. The van der Waals surface area contributed by atoms with Crippen molar-refractivity contribution in [2.24, 2.45) is 0 Å². The number of carbonyl (C=O) groups is 2. The Kier molecular flexibility index (Phi) is 3.12. The van der Waals surface area contributed by atoms with Crippen LogP contribution in [0.25, 0.3) is 0 Å². The molecule has 0 fully saturated rings. The number of aromatic amines is 1. The molecule has 0 aliphatic rings. The van der Waals surface area contributed by atoms with E-state index in [0.29, 0.717) is 22.5 Å². The van der Waals surface area contributed by atoms with Crippen LogP contribution < -0.4 is 5.32 Å². The molecule has 2 heterocycles. The van der Waals surface area contributed by atoms with E-state index < -0.39 is 11.9 Å². The van der Waals surface area contributed by atoms with Gasteiger partial charge >= 0.3 is 5.97 Å². The largest absolute Gasteiger partial charge is 0.477 e. The van der Waals surface area contributed by atoms with Crippen LogP contribution in [0.1, 0.15) is 37.8 Å². The van der Waals surface area contributed by atoms with Gasteiger partial charge in [0.05, 0.1) is 11.3 Å². The third-order valence-electron chi connectivity index (χ3n) is 2.74. The second kappa shape index (κ2) is 4.60. The van der Waals surface area contributed by atoms with Crippen LogP contribution in [0.5, 0.6) is 0 Å². The number of aromatic nitrogens is 2. The molecule has 3 N–H and O–H groups in total. The number of nitrogens with one attached hydrogen (secondary N) is 2. The number of carbonyl (C=O) groups excluding carboxylic acids is 1. The van der Waals surface area contributed by atoms with E-state index in [1.54, 1.807) is 26.8 Å². The number of H-pyrrole nitrogens is 1. The van der Waals surface area contributed by atoms with Gasteiger partial charge in [-0.15, -0.1) is 0 Å². The Balaban J connectivity index is 2.31. The van der Waals surface area contributed by atoms with Crippen molar-refractivity contribution < 1.29 is 19.2 Å². The molecule has 2 aromatic heterocycles. The van der Waals surface area contributed by atoms with Crippen LogP contribution in [0.4, 0.5) is 5.88 Å². The normalized spacial score (nSPS) is 10.5. The van der Waals surface area contributed by atoms with E-state index in [9.17, 15) is 9.59 Å². The lowest BCUT2D eigenvalue weighted by atomic mass is 10.1. The standard InChI is InChI=1S/C12H13N3O4/c1-5-4-8(19-15-5)14-11(16)9-6(2)10(12(17)18)13-7(9)3/h4,13H,1-3H3,(H,14,16)(H,17,18). The van der Waals surface area contributed by atoms with E-state index in [0.717, 1.165) is 0 Å². The minimum absolute atomic E-state index is 0.0106. The second-order valence-corrected chi connectivity index (χ2v) is 4.22. The fourth-order valence-electron chi connectivity index (χ4n) is 1.90. The van der Waals surface area contributed by atoms with Gasteiger partial charge in [0, 0.05) is 11.8 Å². The molecule has 0 aliphatic heterocycles. The Bertz CT molecular complexity index is 654. The van der Waals surface area contributed by atoms with E-state index in [1.807, 2.05) is 0 Å². The Morgan fingerprint density at radius 2 is 2.05 bits per heavy atom. The van der Waals surface area contributed by atoms with Gasteiger partial charge in [-0.3, -0.25) is 10.1 Å². The number of carboxylic acids is 1. The number of aryl methyl sites for hydroxylation is 2. The summed E-state index contributed by atoms with van der Waals surface area (Å²) >= 11 is 0.